The predicted octanol–water partition coefficient (Wildman–Crippen LogP) is 4.72. The third kappa shape index (κ3) is 47.0. The van der Waals surface area contributed by atoms with Gasteiger partial charge in [-0.2, -0.15) is 28.2 Å². The van der Waals surface area contributed by atoms with Crippen molar-refractivity contribution in [1.82, 2.24) is 0 Å². The summed E-state index contributed by atoms with van der Waals surface area (Å²) >= 11 is 0. The van der Waals surface area contributed by atoms with Gasteiger partial charge in [-0.3, -0.25) is 0 Å². The van der Waals surface area contributed by atoms with Crippen molar-refractivity contribution >= 4 is 0 Å². The van der Waals surface area contributed by atoms with Crippen molar-refractivity contribution in [2.45, 2.75) is 135 Å². The number of hydrogen-bond donors (Lipinski definition) is 4. The second-order valence-corrected chi connectivity index (χ2v) is 14.3. The van der Waals surface area contributed by atoms with Gasteiger partial charge in [0, 0.05) is 17.8 Å². The average molecular weight is 587 g/mol. The van der Waals surface area contributed by atoms with Gasteiger partial charge in [-0.1, -0.05) is 103 Å². The molecule has 0 aliphatic rings. The average Bonchev–Trinajstić information content (AvgIpc) is 2.85. The van der Waals surface area contributed by atoms with E-state index in [0.29, 0.717) is 0 Å². The monoisotopic (exact) mass is 587 g/mol. The summed E-state index contributed by atoms with van der Waals surface area (Å²) in [6.07, 6.45) is 9.03. The van der Waals surface area contributed by atoms with E-state index in [1.54, 1.807) is 0 Å². The second-order valence-electron chi connectivity index (χ2n) is 14.3. The molecule has 0 bridgehead atoms. The van der Waals surface area contributed by atoms with Gasteiger partial charge in [0.05, 0.1) is 52.4 Å². The molecule has 0 radical (unpaired) electrons. The summed E-state index contributed by atoms with van der Waals surface area (Å²) in [5.74, 6) is 3.93. The summed E-state index contributed by atoms with van der Waals surface area (Å²) in [7, 11) is 16.1. The fraction of sp³-hybridized carbons (Fsp3) is 0.892. The minimum atomic E-state index is 0.770. The van der Waals surface area contributed by atoms with Crippen LogP contribution < -0.4 is 19.6 Å². The molecule has 0 aromatic rings. The van der Waals surface area contributed by atoms with Gasteiger partial charge in [-0.05, 0) is 43.9 Å². The Morgan fingerprint density at radius 3 is 1.10 bits per heavy atom. The second kappa shape index (κ2) is 34.3. The Hall–Kier alpha value is -0.160. The zero-order chi connectivity index (χ0) is 32.8. The van der Waals surface area contributed by atoms with Crippen molar-refractivity contribution in [2.75, 3.05) is 52.4 Å². The van der Waals surface area contributed by atoms with Crippen LogP contribution in [0.4, 0.5) is 0 Å². The van der Waals surface area contributed by atoms with Crippen molar-refractivity contribution < 1.29 is 19.6 Å². The Kier molecular flexibility index (Phi) is 40.0. The van der Waals surface area contributed by atoms with Gasteiger partial charge in [0.25, 0.3) is 0 Å². The zero-order valence-corrected chi connectivity index (χ0v) is 31.3. The molecular weight excluding hydrogens is 500 g/mol. The number of nitrogens with one attached hydrogen (secondary N) is 4. The van der Waals surface area contributed by atoms with Gasteiger partial charge in [0.2, 0.25) is 0 Å². The Morgan fingerprint density at radius 2 is 0.805 bits per heavy atom. The summed E-state index contributed by atoms with van der Waals surface area (Å²) < 4.78 is 0. The van der Waals surface area contributed by atoms with E-state index >= 15 is 0 Å². The lowest BCUT2D eigenvalue weighted by Gasteiger charge is -2.27. The summed E-state index contributed by atoms with van der Waals surface area (Å²) in [6.45, 7) is 39.0. The van der Waals surface area contributed by atoms with Crippen LogP contribution in [0.1, 0.15) is 135 Å². The SMILES string of the molecule is [CH2-][NH+](CC(C)C)CC(C)C.[CH2-][NH+](CCC(C)C)CC(C)C(C)C.[CH2-][NH+](CCC)CCC.[CH2-][NH+](CCCC)CCCC. The maximum Gasteiger partial charge on any atom is 0.0558 e. The zero-order valence-electron chi connectivity index (χ0n) is 31.3. The molecule has 2 atom stereocenters. The third-order valence-electron chi connectivity index (χ3n) is 7.19. The third-order valence-corrected chi connectivity index (χ3v) is 7.19. The Bertz CT molecular complexity index is 440. The summed E-state index contributed by atoms with van der Waals surface area (Å²) in [5, 5.41) is 0. The van der Waals surface area contributed by atoms with Gasteiger partial charge in [0.15, 0.2) is 0 Å². The number of quaternary nitrogens is 4. The molecule has 0 heterocycles. The summed E-state index contributed by atoms with van der Waals surface area (Å²) in [5.41, 5.74) is 0. The molecule has 4 N–H and O–H groups in total. The Morgan fingerprint density at radius 1 is 0.415 bits per heavy atom. The Labute approximate surface area is 264 Å². The van der Waals surface area contributed by atoms with Gasteiger partial charge < -0.3 is 19.6 Å². The van der Waals surface area contributed by atoms with E-state index < -0.39 is 0 Å². The summed E-state index contributed by atoms with van der Waals surface area (Å²) in [6, 6.07) is 0. The molecule has 41 heavy (non-hydrogen) atoms. The lowest BCUT2D eigenvalue weighted by Crippen LogP contribution is -3.08. The highest BCUT2D eigenvalue weighted by atomic mass is 15.1. The molecule has 0 fully saturated rings. The van der Waals surface area contributed by atoms with E-state index in [2.05, 4.69) is 118 Å². The molecule has 0 aliphatic heterocycles. The molecule has 0 aliphatic carbocycles. The highest BCUT2D eigenvalue weighted by molar-refractivity contribution is 4.54. The first-order chi connectivity index (χ1) is 19.1. The molecule has 4 nitrogen and oxygen atoms in total. The molecule has 0 amide bonds. The molecule has 0 spiro atoms. The van der Waals surface area contributed by atoms with Crippen LogP contribution in [0.3, 0.4) is 0 Å². The standard InChI is InChI=1S/C12H27N.2C9H21N.C7H17N/c1-10(2)7-8-13(6)9-12(5)11(3)4;1-8(2)6-10(5)7-9(3)4;1-4-6-8-10(3)9-7-5-2;1-4-6-8(3)7-5-2/h10-13H,6-9H2,1-5H3;8-10H,5-7H2,1-4H3;10H,3-9H2,1-2H3;8H,3-7H2,1-2H3. The lowest BCUT2D eigenvalue weighted by atomic mass is 9.97. The molecule has 254 valence electrons. The maximum atomic E-state index is 4.15. The van der Waals surface area contributed by atoms with Crippen molar-refractivity contribution in [3.05, 3.63) is 28.2 Å². The fourth-order valence-corrected chi connectivity index (χ4v) is 4.33. The predicted molar refractivity (Wildman–Crippen MR) is 188 cm³/mol. The lowest BCUT2D eigenvalue weighted by molar-refractivity contribution is -0.860. The van der Waals surface area contributed by atoms with E-state index in [4.69, 9.17) is 0 Å². The van der Waals surface area contributed by atoms with E-state index in [-0.39, 0.29) is 0 Å². The van der Waals surface area contributed by atoms with Gasteiger partial charge in [-0.15, -0.1) is 0 Å². The largest absolute Gasteiger partial charge is 0.468 e. The number of rotatable bonds is 20. The molecule has 0 rings (SSSR count). The van der Waals surface area contributed by atoms with Crippen LogP contribution in [0, 0.1) is 57.8 Å². The van der Waals surface area contributed by atoms with Crippen LogP contribution in [0.15, 0.2) is 0 Å². The molecule has 2 unspecified atom stereocenters. The molecular formula is C37H86N4. The van der Waals surface area contributed by atoms with Gasteiger partial charge in [-0.25, -0.2) is 0 Å². The van der Waals surface area contributed by atoms with Crippen LogP contribution in [0.2, 0.25) is 0 Å². The highest BCUT2D eigenvalue weighted by Crippen LogP contribution is 2.06. The fourth-order valence-electron chi connectivity index (χ4n) is 4.33. The first kappa shape index (κ1) is 47.8. The smallest absolute Gasteiger partial charge is 0.0558 e. The van der Waals surface area contributed by atoms with Crippen LogP contribution in [0.5, 0.6) is 0 Å². The van der Waals surface area contributed by atoms with Crippen molar-refractivity contribution in [3.63, 3.8) is 0 Å². The first-order valence-corrected chi connectivity index (χ1v) is 17.7. The van der Waals surface area contributed by atoms with Gasteiger partial charge >= 0.3 is 0 Å². The summed E-state index contributed by atoms with van der Waals surface area (Å²) in [4.78, 5) is 5.71. The van der Waals surface area contributed by atoms with Crippen molar-refractivity contribution in [2.24, 2.45) is 29.6 Å². The topological polar surface area (TPSA) is 17.8 Å². The van der Waals surface area contributed by atoms with Crippen molar-refractivity contribution in [3.8, 4) is 0 Å². The molecule has 4 heteroatoms. The van der Waals surface area contributed by atoms with E-state index in [9.17, 15) is 0 Å². The van der Waals surface area contributed by atoms with Crippen LogP contribution in [0.25, 0.3) is 0 Å². The molecule has 0 aromatic carbocycles. The molecule has 0 aromatic heterocycles. The number of unbranched alkanes of at least 4 members (excludes halogenated alkanes) is 2. The van der Waals surface area contributed by atoms with Crippen LogP contribution in [-0.2, 0) is 0 Å². The van der Waals surface area contributed by atoms with E-state index in [0.717, 1.165) is 29.6 Å². The van der Waals surface area contributed by atoms with E-state index in [1.165, 1.54) is 117 Å². The first-order valence-electron chi connectivity index (χ1n) is 17.7. The normalized spacial score (nSPS) is 12.9. The molecule has 0 saturated heterocycles. The van der Waals surface area contributed by atoms with E-state index in [1.807, 2.05) is 0 Å². The highest BCUT2D eigenvalue weighted by Gasteiger charge is 2.10. The molecule has 0 saturated carbocycles. The quantitative estimate of drug-likeness (QED) is 0.148. The van der Waals surface area contributed by atoms with Crippen LogP contribution in [-0.4, -0.2) is 52.4 Å². The van der Waals surface area contributed by atoms with Crippen LogP contribution >= 0.6 is 0 Å². The Balaban J connectivity index is -0.000000226. The van der Waals surface area contributed by atoms with Crippen molar-refractivity contribution in [1.29, 1.82) is 0 Å². The minimum Gasteiger partial charge on any atom is -0.468 e. The van der Waals surface area contributed by atoms with Gasteiger partial charge in [0.1, 0.15) is 0 Å². The number of hydrogen-bond acceptors (Lipinski definition) is 0. The maximum absolute atomic E-state index is 4.15. The minimum absolute atomic E-state index is 0.770.